The zero-order valence-electron chi connectivity index (χ0n) is 21.3. The second kappa shape index (κ2) is 9.87. The van der Waals surface area contributed by atoms with E-state index in [1.165, 1.54) is 49.4 Å². The van der Waals surface area contributed by atoms with Crippen molar-refractivity contribution >= 4 is 32.9 Å². The predicted octanol–water partition coefficient (Wildman–Crippen LogP) is 9.64. The van der Waals surface area contributed by atoms with E-state index in [0.29, 0.717) is 0 Å². The molecule has 0 heterocycles. The molecule has 178 valence electrons. The van der Waals surface area contributed by atoms with Crippen molar-refractivity contribution in [1.29, 1.82) is 0 Å². The molecule has 0 N–H and O–H groups in total. The highest BCUT2D eigenvalue weighted by Crippen LogP contribution is 2.29. The Morgan fingerprint density at radius 3 is 1.86 bits per heavy atom. The van der Waals surface area contributed by atoms with Crippen molar-refractivity contribution in [3.05, 3.63) is 150 Å². The fraction of sp³-hybridized carbons (Fsp3) is 0.0833. The minimum absolute atomic E-state index is 0.787. The van der Waals surface area contributed by atoms with E-state index in [1.54, 1.807) is 0 Å². The van der Waals surface area contributed by atoms with E-state index in [2.05, 4.69) is 141 Å². The SMILES string of the molecule is Cc1ccc2cc(-c3ccc4cc(C(Cc5ccccc5)=Nc5ccccc5C)ccc4c3)ccc2c1. The molecule has 0 saturated carbocycles. The Balaban J connectivity index is 1.39. The van der Waals surface area contributed by atoms with Gasteiger partial charge in [-0.1, -0.05) is 109 Å². The molecule has 0 unspecified atom stereocenters. The fourth-order valence-electron chi connectivity index (χ4n) is 4.98. The van der Waals surface area contributed by atoms with Gasteiger partial charge in [0.25, 0.3) is 0 Å². The van der Waals surface area contributed by atoms with Crippen LogP contribution >= 0.6 is 0 Å². The van der Waals surface area contributed by atoms with Crippen LogP contribution in [0.15, 0.2) is 132 Å². The van der Waals surface area contributed by atoms with Crippen molar-refractivity contribution in [2.75, 3.05) is 0 Å². The van der Waals surface area contributed by atoms with Crippen molar-refractivity contribution in [2.24, 2.45) is 4.99 Å². The third-order valence-corrected chi connectivity index (χ3v) is 7.09. The quantitative estimate of drug-likeness (QED) is 0.220. The average Bonchev–Trinajstić information content (AvgIpc) is 2.93. The van der Waals surface area contributed by atoms with Gasteiger partial charge in [0.2, 0.25) is 0 Å². The van der Waals surface area contributed by atoms with Gasteiger partial charge in [-0.05, 0) is 87.5 Å². The molecule has 6 aromatic rings. The lowest BCUT2D eigenvalue weighted by Gasteiger charge is -2.11. The summed E-state index contributed by atoms with van der Waals surface area (Å²) in [6, 6.07) is 45.8. The third-order valence-electron chi connectivity index (χ3n) is 7.09. The van der Waals surface area contributed by atoms with Crippen molar-refractivity contribution in [1.82, 2.24) is 0 Å². The molecule has 1 heteroatoms. The van der Waals surface area contributed by atoms with E-state index in [9.17, 15) is 0 Å². The third kappa shape index (κ3) is 4.94. The van der Waals surface area contributed by atoms with Gasteiger partial charge in [0, 0.05) is 6.42 Å². The van der Waals surface area contributed by atoms with Gasteiger partial charge in [-0.15, -0.1) is 0 Å². The summed E-state index contributed by atoms with van der Waals surface area (Å²) in [4.78, 5) is 5.15. The lowest BCUT2D eigenvalue weighted by molar-refractivity contribution is 1.29. The van der Waals surface area contributed by atoms with Gasteiger partial charge in [-0.2, -0.15) is 0 Å². The van der Waals surface area contributed by atoms with E-state index in [0.717, 1.165) is 23.4 Å². The second-order valence-corrected chi connectivity index (χ2v) is 9.85. The van der Waals surface area contributed by atoms with E-state index in [4.69, 9.17) is 4.99 Å². The molecule has 0 atom stereocenters. The molecule has 0 aliphatic rings. The van der Waals surface area contributed by atoms with Crippen molar-refractivity contribution in [2.45, 2.75) is 20.3 Å². The van der Waals surface area contributed by atoms with Crippen molar-refractivity contribution in [3.8, 4) is 11.1 Å². The number of nitrogens with zero attached hydrogens (tertiary/aromatic N) is 1. The Labute approximate surface area is 218 Å². The van der Waals surface area contributed by atoms with E-state index < -0.39 is 0 Å². The van der Waals surface area contributed by atoms with Gasteiger partial charge < -0.3 is 0 Å². The summed E-state index contributed by atoms with van der Waals surface area (Å²) in [6.07, 6.45) is 0.787. The molecule has 0 spiro atoms. The number of rotatable bonds is 5. The molecule has 0 amide bonds. The molecule has 0 aliphatic heterocycles. The average molecular weight is 476 g/mol. The fourth-order valence-corrected chi connectivity index (χ4v) is 4.98. The molecule has 0 radical (unpaired) electrons. The number of hydrogen-bond donors (Lipinski definition) is 0. The Hall–Kier alpha value is -4.49. The van der Waals surface area contributed by atoms with Crippen LogP contribution < -0.4 is 0 Å². The normalized spacial score (nSPS) is 11.8. The summed E-state index contributed by atoms with van der Waals surface area (Å²) in [5.74, 6) is 0. The summed E-state index contributed by atoms with van der Waals surface area (Å²) in [6.45, 7) is 4.26. The first-order valence-electron chi connectivity index (χ1n) is 12.8. The van der Waals surface area contributed by atoms with E-state index in [-0.39, 0.29) is 0 Å². The molecule has 0 fully saturated rings. The van der Waals surface area contributed by atoms with Crippen molar-refractivity contribution in [3.63, 3.8) is 0 Å². The molecule has 37 heavy (non-hydrogen) atoms. The summed E-state index contributed by atoms with van der Waals surface area (Å²) >= 11 is 0. The highest BCUT2D eigenvalue weighted by Gasteiger charge is 2.09. The number of fused-ring (bicyclic) bond motifs is 2. The Morgan fingerprint density at radius 2 is 1.14 bits per heavy atom. The largest absolute Gasteiger partial charge is 0.252 e. The number of para-hydroxylation sites is 1. The van der Waals surface area contributed by atoms with Crippen LogP contribution in [0.3, 0.4) is 0 Å². The molecule has 6 aromatic carbocycles. The summed E-state index contributed by atoms with van der Waals surface area (Å²) in [7, 11) is 0. The minimum atomic E-state index is 0.787. The number of hydrogen-bond acceptors (Lipinski definition) is 1. The Morgan fingerprint density at radius 1 is 0.541 bits per heavy atom. The van der Waals surface area contributed by atoms with Crippen LogP contribution in [-0.2, 0) is 6.42 Å². The zero-order chi connectivity index (χ0) is 25.2. The van der Waals surface area contributed by atoms with Gasteiger partial charge in [0.1, 0.15) is 0 Å². The van der Waals surface area contributed by atoms with Gasteiger partial charge in [-0.3, -0.25) is 4.99 Å². The van der Waals surface area contributed by atoms with Gasteiger partial charge in [-0.25, -0.2) is 0 Å². The first kappa shape index (κ1) is 22.9. The number of aliphatic imine (C=N–C) groups is 1. The van der Waals surface area contributed by atoms with Crippen LogP contribution in [0.5, 0.6) is 0 Å². The highest BCUT2D eigenvalue weighted by molar-refractivity contribution is 6.06. The predicted molar refractivity (Wildman–Crippen MR) is 159 cm³/mol. The first-order valence-corrected chi connectivity index (χ1v) is 12.8. The molecule has 0 aliphatic carbocycles. The molecule has 6 rings (SSSR count). The minimum Gasteiger partial charge on any atom is -0.252 e. The van der Waals surface area contributed by atoms with Crippen LogP contribution in [-0.4, -0.2) is 5.71 Å². The molecular formula is C36H29N. The molecular weight excluding hydrogens is 446 g/mol. The van der Waals surface area contributed by atoms with E-state index in [1.807, 2.05) is 0 Å². The number of aryl methyl sites for hydroxylation is 2. The zero-order valence-corrected chi connectivity index (χ0v) is 21.3. The number of benzene rings is 6. The van der Waals surface area contributed by atoms with Crippen LogP contribution in [0, 0.1) is 13.8 Å². The summed E-state index contributed by atoms with van der Waals surface area (Å²) in [5, 5.41) is 5.02. The smallest absolute Gasteiger partial charge is 0.0662 e. The van der Waals surface area contributed by atoms with Crippen LogP contribution in [0.4, 0.5) is 5.69 Å². The second-order valence-electron chi connectivity index (χ2n) is 9.85. The standard InChI is InChI=1S/C36H29N/c1-25-12-13-29-22-30(15-14-28(29)20-25)31-16-17-33-24-34(19-18-32(33)23-31)36(21-27-9-4-3-5-10-27)37-35-11-7-6-8-26(35)2/h3-20,22-24H,21H2,1-2H3. The van der Waals surface area contributed by atoms with Crippen LogP contribution in [0.25, 0.3) is 32.7 Å². The monoisotopic (exact) mass is 475 g/mol. The summed E-state index contributed by atoms with van der Waals surface area (Å²) in [5.41, 5.74) is 9.48. The molecule has 0 bridgehead atoms. The van der Waals surface area contributed by atoms with Gasteiger partial charge >= 0.3 is 0 Å². The Kier molecular flexibility index (Phi) is 6.12. The maximum atomic E-state index is 5.15. The highest BCUT2D eigenvalue weighted by atomic mass is 14.8. The van der Waals surface area contributed by atoms with Gasteiger partial charge in [0.15, 0.2) is 0 Å². The van der Waals surface area contributed by atoms with Crippen molar-refractivity contribution < 1.29 is 0 Å². The summed E-state index contributed by atoms with van der Waals surface area (Å²) < 4.78 is 0. The van der Waals surface area contributed by atoms with E-state index >= 15 is 0 Å². The lowest BCUT2D eigenvalue weighted by atomic mass is 9.95. The topological polar surface area (TPSA) is 12.4 Å². The lowest BCUT2D eigenvalue weighted by Crippen LogP contribution is -2.05. The Bertz CT molecular complexity index is 1760. The van der Waals surface area contributed by atoms with Gasteiger partial charge in [0.05, 0.1) is 11.4 Å². The van der Waals surface area contributed by atoms with Crippen LogP contribution in [0.1, 0.15) is 22.3 Å². The van der Waals surface area contributed by atoms with Crippen LogP contribution in [0.2, 0.25) is 0 Å². The first-order chi connectivity index (χ1) is 18.1. The maximum Gasteiger partial charge on any atom is 0.0662 e. The molecule has 0 saturated heterocycles. The molecule has 1 nitrogen and oxygen atoms in total. The molecule has 0 aromatic heterocycles. The maximum absolute atomic E-state index is 5.15.